The number of phosphoric acid groups is 2. The molecule has 1 aliphatic rings. The number of alkyl halides is 3. The fourth-order valence-electron chi connectivity index (χ4n) is 4.31. The molecule has 19 heteroatoms. The van der Waals surface area contributed by atoms with Crippen molar-refractivity contribution in [3.63, 3.8) is 0 Å². The van der Waals surface area contributed by atoms with Gasteiger partial charge in [-0.1, -0.05) is 36.4 Å². The minimum Gasteiger partial charge on any atom is -0.405 e. The predicted octanol–water partition coefficient (Wildman–Crippen LogP) is 3.96. The maximum Gasteiger partial charge on any atom is 0.573 e. The van der Waals surface area contributed by atoms with Crippen molar-refractivity contribution in [2.75, 3.05) is 23.3 Å². The molecule has 1 amide bonds. The van der Waals surface area contributed by atoms with E-state index in [2.05, 4.69) is 19.9 Å². The number of hydrogen-bond donors (Lipinski definition) is 7. The quantitative estimate of drug-likeness (QED) is 0.190. The van der Waals surface area contributed by atoms with Gasteiger partial charge in [-0.05, 0) is 55.7 Å². The van der Waals surface area contributed by atoms with Gasteiger partial charge in [-0.25, -0.2) is 14.1 Å². The van der Waals surface area contributed by atoms with Crippen LogP contribution in [0.15, 0.2) is 60.8 Å². The number of carbonyl (C=O) groups excluding carboxylic acids is 1. The number of rotatable bonds is 5. The van der Waals surface area contributed by atoms with Gasteiger partial charge in [0.2, 0.25) is 0 Å². The molecule has 1 saturated heterocycles. The highest BCUT2D eigenvalue weighted by atomic mass is 31.2. The Morgan fingerprint density at radius 1 is 0.933 bits per heavy atom. The van der Waals surface area contributed by atoms with Crippen LogP contribution >= 0.6 is 15.6 Å². The minimum absolute atomic E-state index is 0.0619. The molecule has 4 rings (SSSR count). The van der Waals surface area contributed by atoms with E-state index in [4.69, 9.17) is 43.2 Å². The first kappa shape index (κ1) is 37.8. The minimum atomic E-state index is -4.94. The molecule has 248 valence electrons. The second kappa shape index (κ2) is 15.8. The molecule has 0 radical (unpaired) electrons. The third kappa shape index (κ3) is 14.5. The van der Waals surface area contributed by atoms with Crippen LogP contribution in [0.4, 0.5) is 24.7 Å². The molecule has 7 N–H and O–H groups in total. The average Bonchev–Trinajstić information content (AvgIpc) is 2.86. The lowest BCUT2D eigenvalue weighted by Gasteiger charge is -2.36. The van der Waals surface area contributed by atoms with Crippen molar-refractivity contribution in [3.8, 4) is 16.9 Å². The molecule has 2 atom stereocenters. The molecule has 3 aromatic rings. The average molecular weight is 681 g/mol. The predicted molar refractivity (Wildman–Crippen MR) is 156 cm³/mol. The largest absolute Gasteiger partial charge is 0.573 e. The number of nitrogens with one attached hydrogen (secondary N) is 1. The number of pyridine rings is 1. The number of benzene rings is 2. The Hall–Kier alpha value is -3.37. The van der Waals surface area contributed by atoms with Gasteiger partial charge in [-0.15, -0.1) is 13.2 Å². The summed E-state index contributed by atoms with van der Waals surface area (Å²) in [5.74, 6) is -0.552. The summed E-state index contributed by atoms with van der Waals surface area (Å²) in [6.07, 6.45) is -3.33. The molecular weight excluding hydrogens is 649 g/mol. The van der Waals surface area contributed by atoms with Crippen molar-refractivity contribution in [2.45, 2.75) is 39.3 Å². The lowest BCUT2D eigenvalue weighted by atomic mass is 9.95. The van der Waals surface area contributed by atoms with Gasteiger partial charge in [-0.2, -0.15) is 0 Å². The van der Waals surface area contributed by atoms with Crippen LogP contribution in [0.25, 0.3) is 11.1 Å². The van der Waals surface area contributed by atoms with E-state index in [0.29, 0.717) is 29.9 Å². The van der Waals surface area contributed by atoms with Gasteiger partial charge in [0.25, 0.3) is 5.91 Å². The Bertz CT molecular complexity index is 1470. The van der Waals surface area contributed by atoms with Gasteiger partial charge in [0, 0.05) is 13.1 Å². The fourth-order valence-corrected chi connectivity index (χ4v) is 4.31. The van der Waals surface area contributed by atoms with Crippen LogP contribution in [0.2, 0.25) is 0 Å². The first-order valence-electron chi connectivity index (χ1n) is 12.8. The van der Waals surface area contributed by atoms with E-state index in [0.717, 1.165) is 11.4 Å². The summed E-state index contributed by atoms with van der Waals surface area (Å²) in [5, 5.41) is 2.66. The van der Waals surface area contributed by atoms with Crippen molar-refractivity contribution in [2.24, 2.45) is 0 Å². The highest BCUT2D eigenvalue weighted by Gasteiger charge is 2.34. The molecule has 2 aromatic carbocycles. The number of morpholine rings is 1. The number of halogens is 3. The zero-order chi connectivity index (χ0) is 34.2. The summed E-state index contributed by atoms with van der Waals surface area (Å²) >= 11 is 0. The Balaban J connectivity index is 0.000000613. The maximum atomic E-state index is 13.2. The zero-order valence-corrected chi connectivity index (χ0v) is 25.8. The normalized spacial score (nSPS) is 16.8. The van der Waals surface area contributed by atoms with E-state index >= 15 is 0 Å². The molecule has 45 heavy (non-hydrogen) atoms. The standard InChI is InChI=1S/C26H26F3N3O3.2H3O4P/c1-16-14-32(15-17(2)34-16)23-12-9-20(13-30-23)31-25(33)24-18(3)21(19-7-5-4-6-8-19)10-11-22(24)35-26(27,28)29;2*1-5(2,3)4/h4-13,16-17H,14-15H2,1-3H3,(H,31,33);2*(H3,1,2,3,4). The van der Waals surface area contributed by atoms with Crippen molar-refractivity contribution >= 4 is 33.1 Å². The molecular formula is C26H32F3N3O11P2. The topological polar surface area (TPSA) is 219 Å². The highest BCUT2D eigenvalue weighted by Crippen LogP contribution is 2.35. The van der Waals surface area contributed by atoms with Crippen molar-refractivity contribution in [1.29, 1.82) is 0 Å². The summed E-state index contributed by atoms with van der Waals surface area (Å²) in [4.78, 5) is 62.8. The number of ether oxygens (including phenoxy) is 2. The number of hydrogen-bond acceptors (Lipinski definition) is 7. The molecule has 1 aliphatic heterocycles. The Kier molecular flexibility index (Phi) is 13.2. The first-order valence-corrected chi connectivity index (χ1v) is 15.9. The first-order chi connectivity index (χ1) is 20.6. The lowest BCUT2D eigenvalue weighted by Crippen LogP contribution is -2.45. The highest BCUT2D eigenvalue weighted by molar-refractivity contribution is 7.45. The number of aromatic nitrogens is 1. The van der Waals surface area contributed by atoms with Crippen molar-refractivity contribution in [3.05, 3.63) is 71.9 Å². The molecule has 2 heterocycles. The third-order valence-corrected chi connectivity index (χ3v) is 5.71. The van der Waals surface area contributed by atoms with Gasteiger partial charge in [0.1, 0.15) is 11.6 Å². The summed E-state index contributed by atoms with van der Waals surface area (Å²) in [7, 11) is -9.28. The molecule has 0 aliphatic carbocycles. The van der Waals surface area contributed by atoms with Crippen LogP contribution in [0, 0.1) is 6.92 Å². The van der Waals surface area contributed by atoms with Gasteiger partial charge in [0.05, 0.1) is 29.7 Å². The van der Waals surface area contributed by atoms with E-state index in [1.807, 2.05) is 44.2 Å². The Morgan fingerprint density at radius 2 is 1.47 bits per heavy atom. The van der Waals surface area contributed by atoms with E-state index in [-0.39, 0.29) is 17.8 Å². The second-order valence-corrected chi connectivity index (χ2v) is 11.6. The Morgan fingerprint density at radius 3 is 1.93 bits per heavy atom. The number of carbonyl (C=O) groups is 1. The molecule has 0 spiro atoms. The van der Waals surface area contributed by atoms with Crippen LogP contribution in [0.3, 0.4) is 0 Å². The molecule has 1 fully saturated rings. The lowest BCUT2D eigenvalue weighted by molar-refractivity contribution is -0.274. The van der Waals surface area contributed by atoms with E-state index < -0.39 is 33.7 Å². The molecule has 0 bridgehead atoms. The van der Waals surface area contributed by atoms with E-state index in [9.17, 15) is 18.0 Å². The van der Waals surface area contributed by atoms with E-state index in [1.165, 1.54) is 18.3 Å². The Labute approximate surface area is 255 Å². The summed E-state index contributed by atoms with van der Waals surface area (Å²) < 4.78 is 66.9. The van der Waals surface area contributed by atoms with Crippen LogP contribution in [0.1, 0.15) is 29.8 Å². The zero-order valence-electron chi connectivity index (χ0n) is 24.0. The van der Waals surface area contributed by atoms with Gasteiger partial charge >= 0.3 is 22.0 Å². The van der Waals surface area contributed by atoms with E-state index in [1.54, 1.807) is 19.1 Å². The van der Waals surface area contributed by atoms with Crippen molar-refractivity contribution in [1.82, 2.24) is 4.98 Å². The fraction of sp³-hybridized carbons (Fsp3) is 0.308. The van der Waals surface area contributed by atoms with Gasteiger partial charge in [0.15, 0.2) is 0 Å². The number of amides is 1. The second-order valence-electron chi connectivity index (χ2n) is 9.57. The van der Waals surface area contributed by atoms with Crippen molar-refractivity contribution < 1.29 is 65.9 Å². The molecule has 1 aromatic heterocycles. The van der Waals surface area contributed by atoms with Crippen LogP contribution in [0.5, 0.6) is 5.75 Å². The van der Waals surface area contributed by atoms with Crippen LogP contribution < -0.4 is 15.0 Å². The monoisotopic (exact) mass is 681 g/mol. The summed E-state index contributed by atoms with van der Waals surface area (Å²) in [6.45, 7) is 6.95. The van der Waals surface area contributed by atoms with Crippen LogP contribution in [-0.2, 0) is 13.9 Å². The number of anilines is 2. The van der Waals surface area contributed by atoms with Gasteiger partial charge < -0.3 is 49.1 Å². The molecule has 2 unspecified atom stereocenters. The molecule has 0 saturated carbocycles. The molecule has 14 nitrogen and oxygen atoms in total. The summed E-state index contributed by atoms with van der Waals surface area (Å²) in [6, 6.07) is 15.2. The third-order valence-electron chi connectivity index (χ3n) is 5.71. The maximum absolute atomic E-state index is 13.2. The number of nitrogens with zero attached hydrogens (tertiary/aromatic N) is 2. The summed E-state index contributed by atoms with van der Waals surface area (Å²) in [5.41, 5.74) is 1.95. The SMILES string of the molecule is Cc1c(-c2ccccc2)ccc(OC(F)(F)F)c1C(=O)Nc1ccc(N2CC(C)OC(C)C2)nc1.O=P(O)(O)O.O=P(O)(O)O. The van der Waals surface area contributed by atoms with Crippen LogP contribution in [-0.4, -0.2) is 71.9 Å². The smallest absolute Gasteiger partial charge is 0.405 e. The van der Waals surface area contributed by atoms with Gasteiger partial charge in [-0.3, -0.25) is 4.79 Å².